The van der Waals surface area contributed by atoms with Crippen molar-refractivity contribution in [2.45, 2.75) is 19.5 Å². The van der Waals surface area contributed by atoms with Crippen LogP contribution in [0.15, 0.2) is 48.5 Å². The molecule has 4 rings (SSSR count). The predicted molar refractivity (Wildman–Crippen MR) is 100 cm³/mol. The summed E-state index contributed by atoms with van der Waals surface area (Å²) in [4.78, 5) is 17.2. The number of amides is 1. The van der Waals surface area contributed by atoms with E-state index in [9.17, 15) is 4.79 Å². The summed E-state index contributed by atoms with van der Waals surface area (Å²) in [7, 11) is 0. The molecular formula is C20H23N3O2. The SMILES string of the molecule is CC1(C)Nc2ccccc2C(=O)N1c1ccc(N2CCOCC2)cc1. The van der Waals surface area contributed by atoms with E-state index in [2.05, 4.69) is 22.3 Å². The van der Waals surface area contributed by atoms with Crippen LogP contribution >= 0.6 is 0 Å². The van der Waals surface area contributed by atoms with Gasteiger partial charge in [0.2, 0.25) is 0 Å². The minimum Gasteiger partial charge on any atom is -0.378 e. The number of nitrogens with one attached hydrogen (secondary N) is 1. The number of rotatable bonds is 2. The first kappa shape index (κ1) is 16.0. The van der Waals surface area contributed by atoms with Gasteiger partial charge in [0, 0.05) is 30.2 Å². The molecule has 2 aromatic carbocycles. The maximum Gasteiger partial charge on any atom is 0.262 e. The van der Waals surface area contributed by atoms with Crippen LogP contribution in [0.25, 0.3) is 0 Å². The maximum atomic E-state index is 13.1. The lowest BCUT2D eigenvalue weighted by Crippen LogP contribution is -2.56. The van der Waals surface area contributed by atoms with Gasteiger partial charge in [-0.25, -0.2) is 0 Å². The highest BCUT2D eigenvalue weighted by Crippen LogP contribution is 2.35. The molecule has 2 aliphatic rings. The van der Waals surface area contributed by atoms with Crippen molar-refractivity contribution in [3.63, 3.8) is 0 Å². The van der Waals surface area contributed by atoms with Crippen molar-refractivity contribution < 1.29 is 9.53 Å². The summed E-state index contributed by atoms with van der Waals surface area (Å²) < 4.78 is 5.41. The molecule has 0 radical (unpaired) electrons. The summed E-state index contributed by atoms with van der Waals surface area (Å²) in [6.45, 7) is 7.39. The normalized spacial score (nSPS) is 19.4. The summed E-state index contributed by atoms with van der Waals surface area (Å²) in [6, 6.07) is 15.9. The van der Waals surface area contributed by atoms with E-state index >= 15 is 0 Å². The number of nitrogens with zero attached hydrogens (tertiary/aromatic N) is 2. The molecule has 0 aliphatic carbocycles. The lowest BCUT2D eigenvalue weighted by atomic mass is 10.0. The van der Waals surface area contributed by atoms with Crippen LogP contribution in [-0.4, -0.2) is 37.9 Å². The van der Waals surface area contributed by atoms with Crippen LogP contribution in [-0.2, 0) is 4.74 Å². The topological polar surface area (TPSA) is 44.8 Å². The highest BCUT2D eigenvalue weighted by atomic mass is 16.5. The number of morpholine rings is 1. The average molecular weight is 337 g/mol. The Kier molecular flexibility index (Phi) is 3.88. The van der Waals surface area contributed by atoms with Crippen molar-refractivity contribution in [1.29, 1.82) is 0 Å². The van der Waals surface area contributed by atoms with Crippen molar-refractivity contribution in [2.24, 2.45) is 0 Å². The van der Waals surface area contributed by atoms with Gasteiger partial charge in [-0.15, -0.1) is 0 Å². The zero-order chi connectivity index (χ0) is 17.4. The smallest absolute Gasteiger partial charge is 0.262 e. The summed E-state index contributed by atoms with van der Waals surface area (Å²) >= 11 is 0. The zero-order valence-electron chi connectivity index (χ0n) is 14.7. The quantitative estimate of drug-likeness (QED) is 0.913. The van der Waals surface area contributed by atoms with Gasteiger partial charge < -0.3 is 15.0 Å². The fraction of sp³-hybridized carbons (Fsp3) is 0.350. The minimum absolute atomic E-state index is 0.0264. The largest absolute Gasteiger partial charge is 0.378 e. The molecule has 1 N–H and O–H groups in total. The lowest BCUT2D eigenvalue weighted by Gasteiger charge is -2.44. The number of hydrogen-bond acceptors (Lipinski definition) is 4. The third-order valence-corrected chi connectivity index (χ3v) is 4.84. The number of ether oxygens (including phenoxy) is 1. The van der Waals surface area contributed by atoms with Gasteiger partial charge in [-0.1, -0.05) is 12.1 Å². The summed E-state index contributed by atoms with van der Waals surface area (Å²) in [5.74, 6) is 0.0264. The van der Waals surface area contributed by atoms with Gasteiger partial charge in [0.15, 0.2) is 0 Å². The fourth-order valence-corrected chi connectivity index (χ4v) is 3.61. The first-order valence-corrected chi connectivity index (χ1v) is 8.71. The highest BCUT2D eigenvalue weighted by Gasteiger charge is 2.38. The van der Waals surface area contributed by atoms with Gasteiger partial charge in [0.05, 0.1) is 18.8 Å². The molecule has 1 fully saturated rings. The molecule has 0 saturated carbocycles. The number of fused-ring (bicyclic) bond motifs is 1. The van der Waals surface area contributed by atoms with Crippen LogP contribution < -0.4 is 15.1 Å². The third kappa shape index (κ3) is 2.85. The standard InChI is InChI=1S/C20H23N3O2/c1-20(2)21-18-6-4-3-5-17(18)19(24)23(20)16-9-7-15(8-10-16)22-11-13-25-14-12-22/h3-10,21H,11-14H2,1-2H3. The number of para-hydroxylation sites is 1. The molecular weight excluding hydrogens is 314 g/mol. The first-order chi connectivity index (χ1) is 12.1. The molecule has 25 heavy (non-hydrogen) atoms. The fourth-order valence-electron chi connectivity index (χ4n) is 3.61. The zero-order valence-corrected chi connectivity index (χ0v) is 14.7. The Labute approximate surface area is 148 Å². The second-order valence-corrected chi connectivity index (χ2v) is 6.99. The summed E-state index contributed by atoms with van der Waals surface area (Å²) in [6.07, 6.45) is 0. The second-order valence-electron chi connectivity index (χ2n) is 6.99. The van der Waals surface area contributed by atoms with Crippen LogP contribution in [0.4, 0.5) is 17.1 Å². The van der Waals surface area contributed by atoms with Gasteiger partial charge in [0.1, 0.15) is 5.66 Å². The molecule has 0 aromatic heterocycles. The van der Waals surface area contributed by atoms with Gasteiger partial charge in [-0.05, 0) is 50.2 Å². The van der Waals surface area contributed by atoms with E-state index in [0.717, 1.165) is 37.7 Å². The monoisotopic (exact) mass is 337 g/mol. The van der Waals surface area contributed by atoms with Crippen LogP contribution in [0, 0.1) is 0 Å². The van der Waals surface area contributed by atoms with E-state index in [0.29, 0.717) is 5.56 Å². The average Bonchev–Trinajstić information content (AvgIpc) is 2.62. The van der Waals surface area contributed by atoms with Crippen molar-refractivity contribution in [1.82, 2.24) is 0 Å². The van der Waals surface area contributed by atoms with Crippen molar-refractivity contribution in [3.05, 3.63) is 54.1 Å². The molecule has 1 saturated heterocycles. The van der Waals surface area contributed by atoms with Crippen molar-refractivity contribution >= 4 is 23.0 Å². The third-order valence-electron chi connectivity index (χ3n) is 4.84. The molecule has 130 valence electrons. The molecule has 2 aliphatic heterocycles. The van der Waals surface area contributed by atoms with Crippen LogP contribution in [0.3, 0.4) is 0 Å². The van der Waals surface area contributed by atoms with E-state index in [4.69, 9.17) is 4.74 Å². The Morgan fingerprint density at radius 1 is 0.960 bits per heavy atom. The molecule has 0 unspecified atom stereocenters. The maximum absolute atomic E-state index is 13.1. The minimum atomic E-state index is -0.494. The molecule has 0 bridgehead atoms. The molecule has 5 heteroatoms. The van der Waals surface area contributed by atoms with Crippen LogP contribution in [0.2, 0.25) is 0 Å². The molecule has 5 nitrogen and oxygen atoms in total. The first-order valence-electron chi connectivity index (χ1n) is 8.71. The number of anilines is 3. The molecule has 2 aromatic rings. The number of carbonyl (C=O) groups excluding carboxylic acids is 1. The Bertz CT molecular complexity index is 780. The highest BCUT2D eigenvalue weighted by molar-refractivity contribution is 6.12. The van der Waals surface area contributed by atoms with Gasteiger partial charge in [-0.2, -0.15) is 0 Å². The van der Waals surface area contributed by atoms with Gasteiger partial charge >= 0.3 is 0 Å². The molecule has 2 heterocycles. The molecule has 1 amide bonds. The second kappa shape index (κ2) is 6.08. The van der Waals surface area contributed by atoms with E-state index in [1.54, 1.807) is 0 Å². The molecule has 0 atom stereocenters. The van der Waals surface area contributed by atoms with Crippen LogP contribution in [0.5, 0.6) is 0 Å². The Morgan fingerprint density at radius 2 is 1.60 bits per heavy atom. The summed E-state index contributed by atoms with van der Waals surface area (Å²) in [5, 5.41) is 3.47. The van der Waals surface area contributed by atoms with Gasteiger partial charge in [0.25, 0.3) is 5.91 Å². The Morgan fingerprint density at radius 3 is 2.32 bits per heavy atom. The van der Waals surface area contributed by atoms with E-state index in [1.165, 1.54) is 5.69 Å². The van der Waals surface area contributed by atoms with E-state index in [1.807, 2.05) is 55.1 Å². The predicted octanol–water partition coefficient (Wildman–Crippen LogP) is 3.33. The van der Waals surface area contributed by atoms with E-state index in [-0.39, 0.29) is 5.91 Å². The summed E-state index contributed by atoms with van der Waals surface area (Å²) in [5.41, 5.74) is 3.17. The van der Waals surface area contributed by atoms with Gasteiger partial charge in [-0.3, -0.25) is 9.69 Å². The van der Waals surface area contributed by atoms with Crippen molar-refractivity contribution in [3.8, 4) is 0 Å². The Hall–Kier alpha value is -2.53. The van der Waals surface area contributed by atoms with E-state index < -0.39 is 5.66 Å². The number of benzene rings is 2. The lowest BCUT2D eigenvalue weighted by molar-refractivity contribution is 0.0961. The van der Waals surface area contributed by atoms with Crippen molar-refractivity contribution in [2.75, 3.05) is 41.4 Å². The number of carbonyl (C=O) groups is 1. The Balaban J connectivity index is 1.65. The number of hydrogen-bond donors (Lipinski definition) is 1. The molecule has 0 spiro atoms. The van der Waals surface area contributed by atoms with Crippen LogP contribution in [0.1, 0.15) is 24.2 Å².